The van der Waals surface area contributed by atoms with Crippen molar-refractivity contribution in [1.29, 1.82) is 0 Å². The third kappa shape index (κ3) is 2.37. The number of halogens is 1. The third-order valence-electron chi connectivity index (χ3n) is 0.678. The number of rotatable bonds is 0. The molecule has 1 radical (unpaired) electrons. The summed E-state index contributed by atoms with van der Waals surface area (Å²) in [4.78, 5) is 0. The van der Waals surface area contributed by atoms with Crippen molar-refractivity contribution in [3.05, 3.63) is 35.4 Å². The molecule has 0 aliphatic rings. The molecule has 0 atom stereocenters. The van der Waals surface area contributed by atoms with Crippen LogP contribution in [-0.2, 0) is 17.1 Å². The monoisotopic (exact) mass is 166 g/mol. The zero-order valence-corrected chi connectivity index (χ0v) is 6.00. The zero-order chi connectivity index (χ0) is 5.11. The molecule has 0 unspecified atom stereocenters. The van der Waals surface area contributed by atoms with Crippen LogP contribution in [0.5, 0.6) is 0 Å². The van der Waals surface area contributed by atoms with Crippen LogP contribution in [0.2, 0.25) is 5.02 Å². The van der Waals surface area contributed by atoms with Gasteiger partial charge in [-0.3, -0.25) is 0 Å². The fraction of sp³-hybridized carbons (Fsp3) is 0. The summed E-state index contributed by atoms with van der Waals surface area (Å²) < 4.78 is 0. The van der Waals surface area contributed by atoms with Gasteiger partial charge in [-0.15, -0.1) is 11.6 Å². The molecule has 0 fully saturated rings. The molecule has 43 valence electrons. The van der Waals surface area contributed by atoms with E-state index in [0.717, 1.165) is 5.02 Å². The number of benzene rings is 1. The fourth-order valence-corrected chi connectivity index (χ4v) is 0.493. The minimum absolute atomic E-state index is 0. The van der Waals surface area contributed by atoms with Crippen LogP contribution in [0.1, 0.15) is 0 Å². The Morgan fingerprint density at radius 1 is 1.25 bits per heavy atom. The largest absolute Gasteiger partial charge is 0.184 e. The van der Waals surface area contributed by atoms with Gasteiger partial charge in [-0.2, -0.15) is 30.3 Å². The topological polar surface area (TPSA) is 0 Å². The van der Waals surface area contributed by atoms with Gasteiger partial charge in [-0.1, -0.05) is 5.02 Å². The van der Waals surface area contributed by atoms with Crippen LogP contribution >= 0.6 is 11.6 Å². The summed E-state index contributed by atoms with van der Waals surface area (Å²) in [6.07, 6.45) is 0. The van der Waals surface area contributed by atoms with E-state index in [9.17, 15) is 0 Å². The van der Waals surface area contributed by atoms with E-state index in [4.69, 9.17) is 11.6 Å². The van der Waals surface area contributed by atoms with Crippen molar-refractivity contribution >= 4 is 11.6 Å². The van der Waals surface area contributed by atoms with Crippen LogP contribution < -0.4 is 0 Å². The molecule has 0 amide bonds. The van der Waals surface area contributed by atoms with Crippen molar-refractivity contribution < 1.29 is 17.1 Å². The van der Waals surface area contributed by atoms with Crippen LogP contribution in [-0.4, -0.2) is 0 Å². The summed E-state index contributed by atoms with van der Waals surface area (Å²) in [5.41, 5.74) is 0. The summed E-state index contributed by atoms with van der Waals surface area (Å²) >= 11 is 5.52. The second-order valence-electron chi connectivity index (χ2n) is 1.22. The maximum atomic E-state index is 5.52. The number of hydrogen-bond donors (Lipinski definition) is 0. The molecule has 0 N–H and O–H groups in total. The summed E-state index contributed by atoms with van der Waals surface area (Å²) in [5, 5.41) is 0.763. The minimum Gasteiger partial charge on any atom is -0.184 e. The van der Waals surface area contributed by atoms with E-state index in [1.54, 1.807) is 24.3 Å². The van der Waals surface area contributed by atoms with Gasteiger partial charge < -0.3 is 0 Å². The molecule has 1 aromatic carbocycles. The van der Waals surface area contributed by atoms with Crippen molar-refractivity contribution in [1.82, 2.24) is 0 Å². The van der Waals surface area contributed by atoms with Crippen LogP contribution in [0.15, 0.2) is 24.3 Å². The number of hydrogen-bond acceptors (Lipinski definition) is 0. The molecule has 0 aliphatic carbocycles. The van der Waals surface area contributed by atoms with Gasteiger partial charge in [-0.05, 0) is 0 Å². The minimum atomic E-state index is 0. The van der Waals surface area contributed by atoms with Gasteiger partial charge in [0.15, 0.2) is 0 Å². The van der Waals surface area contributed by atoms with E-state index < -0.39 is 0 Å². The van der Waals surface area contributed by atoms with E-state index in [1.165, 1.54) is 0 Å². The SMILES string of the molecule is Clc1cc[c-]cc1.[Mn]. The van der Waals surface area contributed by atoms with Crippen molar-refractivity contribution in [2.45, 2.75) is 0 Å². The molecule has 0 saturated heterocycles. The van der Waals surface area contributed by atoms with Gasteiger partial charge in [-0.25, -0.2) is 0 Å². The predicted molar refractivity (Wildman–Crippen MR) is 30.3 cm³/mol. The van der Waals surface area contributed by atoms with Crippen molar-refractivity contribution in [2.24, 2.45) is 0 Å². The normalized spacial score (nSPS) is 7.62. The van der Waals surface area contributed by atoms with E-state index in [2.05, 4.69) is 6.07 Å². The smallest absolute Gasteiger partial charge is 0 e. The van der Waals surface area contributed by atoms with Gasteiger partial charge in [0, 0.05) is 17.1 Å². The molecule has 0 aromatic heterocycles. The van der Waals surface area contributed by atoms with Crippen LogP contribution in [0.3, 0.4) is 0 Å². The second-order valence-corrected chi connectivity index (χ2v) is 1.65. The molecule has 1 rings (SSSR count). The molecule has 0 aliphatic heterocycles. The molecule has 0 heterocycles. The van der Waals surface area contributed by atoms with E-state index in [1.807, 2.05) is 0 Å². The molecule has 0 nitrogen and oxygen atoms in total. The van der Waals surface area contributed by atoms with Crippen LogP contribution in [0.4, 0.5) is 0 Å². The van der Waals surface area contributed by atoms with Crippen molar-refractivity contribution in [3.63, 3.8) is 0 Å². The average molecular weight is 166 g/mol. The van der Waals surface area contributed by atoms with Gasteiger partial charge >= 0.3 is 0 Å². The first-order valence-electron chi connectivity index (χ1n) is 2.01. The Morgan fingerprint density at radius 2 is 1.75 bits per heavy atom. The Labute approximate surface area is 64.3 Å². The molecule has 0 bridgehead atoms. The molecular formula is C6H4ClMn-. The van der Waals surface area contributed by atoms with E-state index >= 15 is 0 Å². The molecule has 8 heavy (non-hydrogen) atoms. The molecule has 0 saturated carbocycles. The zero-order valence-electron chi connectivity index (χ0n) is 4.07. The standard InChI is InChI=1S/C6H4Cl.Mn/c7-6-4-2-1-3-5-6;/h2-5H;/q-1;. The average Bonchev–Trinajstić information content (AvgIpc) is 1.69. The van der Waals surface area contributed by atoms with E-state index in [-0.39, 0.29) is 17.1 Å². The maximum absolute atomic E-state index is 5.52. The first-order valence-corrected chi connectivity index (χ1v) is 2.39. The quantitative estimate of drug-likeness (QED) is 0.409. The van der Waals surface area contributed by atoms with Gasteiger partial charge in [0.1, 0.15) is 0 Å². The van der Waals surface area contributed by atoms with Gasteiger partial charge in [0.05, 0.1) is 0 Å². The van der Waals surface area contributed by atoms with Gasteiger partial charge in [0.2, 0.25) is 0 Å². The fourth-order valence-electron chi connectivity index (χ4n) is 0.367. The summed E-state index contributed by atoms with van der Waals surface area (Å²) in [6.45, 7) is 0. The predicted octanol–water partition coefficient (Wildman–Crippen LogP) is 2.14. The Bertz CT molecular complexity index is 138. The Balaban J connectivity index is 0.000000490. The summed E-state index contributed by atoms with van der Waals surface area (Å²) in [7, 11) is 0. The van der Waals surface area contributed by atoms with E-state index in [0.29, 0.717) is 0 Å². The summed E-state index contributed by atoms with van der Waals surface area (Å²) in [6, 6.07) is 10.00. The first kappa shape index (κ1) is 8.03. The van der Waals surface area contributed by atoms with Crippen molar-refractivity contribution in [2.75, 3.05) is 0 Å². The third-order valence-corrected chi connectivity index (χ3v) is 0.930. The van der Waals surface area contributed by atoms with Gasteiger partial charge in [0.25, 0.3) is 0 Å². The molecular weight excluding hydrogens is 162 g/mol. The van der Waals surface area contributed by atoms with Crippen LogP contribution in [0.25, 0.3) is 0 Å². The first-order chi connectivity index (χ1) is 3.39. The van der Waals surface area contributed by atoms with Crippen molar-refractivity contribution in [3.8, 4) is 0 Å². The Hall–Kier alpha value is 0.0295. The molecule has 0 spiro atoms. The van der Waals surface area contributed by atoms with Crippen LogP contribution in [0, 0.1) is 6.07 Å². The maximum Gasteiger partial charge on any atom is 0 e. The summed E-state index contributed by atoms with van der Waals surface area (Å²) in [5.74, 6) is 0. The Kier molecular flexibility index (Phi) is 3.98. The Morgan fingerprint density at radius 3 is 2.00 bits per heavy atom. The molecule has 1 aromatic rings. The molecule has 2 heteroatoms. The second kappa shape index (κ2) is 3.96.